The zero-order valence-corrected chi connectivity index (χ0v) is 16.0. The fraction of sp³-hybridized carbons (Fsp3) is 0.0476. The third kappa shape index (κ3) is 3.65. The van der Waals surface area contributed by atoms with Crippen LogP contribution in [0.1, 0.15) is 5.76 Å². The van der Waals surface area contributed by atoms with Crippen LogP contribution in [0.5, 0.6) is 0 Å². The SMILES string of the molecule is Clc1cccc(-c2ccc(CNc3ccc(-c4ccsc4)cc3)o2)c1Cl. The van der Waals surface area contributed by atoms with Crippen molar-refractivity contribution in [2.24, 2.45) is 0 Å². The summed E-state index contributed by atoms with van der Waals surface area (Å²) in [6.45, 7) is 0.593. The van der Waals surface area contributed by atoms with Gasteiger partial charge in [0.15, 0.2) is 0 Å². The molecule has 2 aromatic carbocycles. The third-order valence-corrected chi connectivity index (χ3v) is 5.59. The maximum Gasteiger partial charge on any atom is 0.135 e. The van der Waals surface area contributed by atoms with Crippen molar-refractivity contribution in [3.8, 4) is 22.5 Å². The first kappa shape index (κ1) is 17.2. The minimum absolute atomic E-state index is 0.507. The molecule has 26 heavy (non-hydrogen) atoms. The molecule has 0 atom stereocenters. The van der Waals surface area contributed by atoms with Gasteiger partial charge in [-0.25, -0.2) is 0 Å². The minimum Gasteiger partial charge on any atom is -0.459 e. The molecule has 0 aliphatic carbocycles. The molecule has 2 nitrogen and oxygen atoms in total. The van der Waals surface area contributed by atoms with E-state index in [4.69, 9.17) is 27.6 Å². The highest BCUT2D eigenvalue weighted by molar-refractivity contribution is 7.08. The number of anilines is 1. The summed E-state index contributed by atoms with van der Waals surface area (Å²) in [4.78, 5) is 0. The molecule has 0 saturated heterocycles. The quantitative estimate of drug-likeness (QED) is 0.373. The van der Waals surface area contributed by atoms with Gasteiger partial charge in [-0.05, 0) is 64.4 Å². The van der Waals surface area contributed by atoms with E-state index in [0.717, 1.165) is 17.0 Å². The molecular formula is C21H15Cl2NOS. The van der Waals surface area contributed by atoms with Gasteiger partial charge in [-0.3, -0.25) is 0 Å². The van der Waals surface area contributed by atoms with Crippen LogP contribution in [-0.4, -0.2) is 0 Å². The second-order valence-electron chi connectivity index (χ2n) is 5.81. The van der Waals surface area contributed by atoms with Gasteiger partial charge in [0.2, 0.25) is 0 Å². The number of rotatable bonds is 5. The first-order valence-corrected chi connectivity index (χ1v) is 9.80. The van der Waals surface area contributed by atoms with E-state index in [1.165, 1.54) is 11.1 Å². The minimum atomic E-state index is 0.507. The molecule has 5 heteroatoms. The Morgan fingerprint density at radius 2 is 1.73 bits per heavy atom. The highest BCUT2D eigenvalue weighted by Crippen LogP contribution is 2.34. The Balaban J connectivity index is 1.44. The summed E-state index contributed by atoms with van der Waals surface area (Å²) in [5, 5.41) is 8.63. The maximum absolute atomic E-state index is 6.26. The number of thiophene rings is 1. The number of hydrogen-bond donors (Lipinski definition) is 1. The van der Waals surface area contributed by atoms with E-state index in [9.17, 15) is 0 Å². The maximum atomic E-state index is 6.26. The molecule has 2 heterocycles. The van der Waals surface area contributed by atoms with Gasteiger partial charge in [-0.1, -0.05) is 41.4 Å². The van der Waals surface area contributed by atoms with Crippen LogP contribution < -0.4 is 5.32 Å². The number of hydrogen-bond acceptors (Lipinski definition) is 3. The summed E-state index contributed by atoms with van der Waals surface area (Å²) in [5.74, 6) is 1.54. The number of furan rings is 1. The van der Waals surface area contributed by atoms with Crippen LogP contribution in [0.4, 0.5) is 5.69 Å². The highest BCUT2D eigenvalue weighted by Gasteiger charge is 2.11. The zero-order valence-electron chi connectivity index (χ0n) is 13.7. The molecule has 4 aromatic rings. The van der Waals surface area contributed by atoms with Crippen LogP contribution in [0.25, 0.3) is 22.5 Å². The molecule has 0 spiro atoms. The average Bonchev–Trinajstić information content (AvgIpc) is 3.35. The van der Waals surface area contributed by atoms with Crippen molar-refractivity contribution in [2.45, 2.75) is 6.54 Å². The predicted octanol–water partition coefficient (Wildman–Crippen LogP) is 7.59. The summed E-state index contributed by atoms with van der Waals surface area (Å²) >= 11 is 14.0. The van der Waals surface area contributed by atoms with Crippen molar-refractivity contribution in [3.63, 3.8) is 0 Å². The van der Waals surface area contributed by atoms with Crippen LogP contribution in [0.3, 0.4) is 0 Å². The monoisotopic (exact) mass is 399 g/mol. The van der Waals surface area contributed by atoms with Gasteiger partial charge in [-0.2, -0.15) is 11.3 Å². The van der Waals surface area contributed by atoms with Crippen molar-refractivity contribution in [2.75, 3.05) is 5.32 Å². The summed E-state index contributed by atoms with van der Waals surface area (Å²) in [6, 6.07) is 19.9. The van der Waals surface area contributed by atoms with Crippen LogP contribution >= 0.6 is 34.5 Å². The molecule has 4 rings (SSSR count). The molecule has 0 radical (unpaired) electrons. The van der Waals surface area contributed by atoms with E-state index in [2.05, 4.69) is 46.4 Å². The van der Waals surface area contributed by atoms with Gasteiger partial charge >= 0.3 is 0 Å². The normalized spacial score (nSPS) is 10.8. The van der Waals surface area contributed by atoms with E-state index in [1.54, 1.807) is 17.4 Å². The summed E-state index contributed by atoms with van der Waals surface area (Å²) in [7, 11) is 0. The predicted molar refractivity (Wildman–Crippen MR) is 111 cm³/mol. The lowest BCUT2D eigenvalue weighted by atomic mass is 10.1. The first-order valence-electron chi connectivity index (χ1n) is 8.10. The van der Waals surface area contributed by atoms with Crippen molar-refractivity contribution in [3.05, 3.63) is 87.2 Å². The van der Waals surface area contributed by atoms with E-state index < -0.39 is 0 Å². The van der Waals surface area contributed by atoms with Crippen LogP contribution in [0.2, 0.25) is 10.0 Å². The van der Waals surface area contributed by atoms with Crippen molar-refractivity contribution in [1.29, 1.82) is 0 Å². The van der Waals surface area contributed by atoms with Gasteiger partial charge in [0, 0.05) is 11.3 Å². The number of benzene rings is 2. The molecule has 0 unspecified atom stereocenters. The van der Waals surface area contributed by atoms with Gasteiger partial charge in [0.25, 0.3) is 0 Å². The third-order valence-electron chi connectivity index (χ3n) is 4.08. The molecule has 0 amide bonds. The van der Waals surface area contributed by atoms with Gasteiger partial charge in [0.1, 0.15) is 11.5 Å². The summed E-state index contributed by atoms with van der Waals surface area (Å²) in [6.07, 6.45) is 0. The smallest absolute Gasteiger partial charge is 0.135 e. The number of halogens is 2. The zero-order chi connectivity index (χ0) is 17.9. The Morgan fingerprint density at radius 1 is 0.885 bits per heavy atom. The molecule has 130 valence electrons. The van der Waals surface area contributed by atoms with Crippen molar-refractivity contribution >= 4 is 40.2 Å². The largest absolute Gasteiger partial charge is 0.459 e. The van der Waals surface area contributed by atoms with E-state index in [0.29, 0.717) is 22.4 Å². The standard InChI is InChI=1S/C21H15Cl2NOS/c22-19-3-1-2-18(21(19)23)20-9-8-17(25-20)12-24-16-6-4-14(5-7-16)15-10-11-26-13-15/h1-11,13,24H,12H2. The van der Waals surface area contributed by atoms with Crippen molar-refractivity contribution < 1.29 is 4.42 Å². The lowest BCUT2D eigenvalue weighted by molar-refractivity contribution is 0.531. The first-order chi connectivity index (χ1) is 12.7. The van der Waals surface area contributed by atoms with Crippen molar-refractivity contribution in [1.82, 2.24) is 0 Å². The number of nitrogens with one attached hydrogen (secondary N) is 1. The fourth-order valence-electron chi connectivity index (χ4n) is 2.71. The molecule has 0 bridgehead atoms. The lowest BCUT2D eigenvalue weighted by Crippen LogP contribution is -1.97. The van der Waals surface area contributed by atoms with E-state index in [1.807, 2.05) is 24.3 Å². The Labute approximate surface area is 166 Å². The lowest BCUT2D eigenvalue weighted by Gasteiger charge is -2.06. The van der Waals surface area contributed by atoms with E-state index >= 15 is 0 Å². The van der Waals surface area contributed by atoms with Crippen LogP contribution in [0, 0.1) is 0 Å². The van der Waals surface area contributed by atoms with Crippen LogP contribution in [-0.2, 0) is 6.54 Å². The highest BCUT2D eigenvalue weighted by atomic mass is 35.5. The fourth-order valence-corrected chi connectivity index (χ4v) is 3.77. The van der Waals surface area contributed by atoms with Gasteiger partial charge in [-0.15, -0.1) is 0 Å². The Hall–Kier alpha value is -2.20. The molecule has 2 aromatic heterocycles. The van der Waals surface area contributed by atoms with Crippen LogP contribution in [0.15, 0.2) is 75.8 Å². The molecule has 0 saturated carbocycles. The second-order valence-corrected chi connectivity index (χ2v) is 7.38. The average molecular weight is 400 g/mol. The molecular weight excluding hydrogens is 385 g/mol. The second kappa shape index (κ2) is 7.58. The Kier molecular flexibility index (Phi) is 5.02. The Bertz CT molecular complexity index is 1010. The molecule has 0 fully saturated rings. The molecule has 1 N–H and O–H groups in total. The Morgan fingerprint density at radius 3 is 2.50 bits per heavy atom. The summed E-state index contributed by atoms with van der Waals surface area (Å²) < 4.78 is 5.91. The van der Waals surface area contributed by atoms with Gasteiger partial charge < -0.3 is 9.73 Å². The summed E-state index contributed by atoms with van der Waals surface area (Å²) in [5.41, 5.74) is 4.30. The van der Waals surface area contributed by atoms with E-state index in [-0.39, 0.29) is 0 Å². The molecule has 0 aliphatic rings. The topological polar surface area (TPSA) is 25.2 Å². The molecule has 0 aliphatic heterocycles. The van der Waals surface area contributed by atoms with Gasteiger partial charge in [0.05, 0.1) is 16.6 Å².